The fraction of sp³-hybridized carbons (Fsp3) is 0.0625. The third-order valence-electron chi connectivity index (χ3n) is 3.11. The molecule has 3 rings (SSSR count). The molecular formula is C16H11Cl2N. The van der Waals surface area contributed by atoms with E-state index in [1.807, 2.05) is 49.4 Å². The topological polar surface area (TPSA) is 12.9 Å². The maximum atomic E-state index is 6.03. The van der Waals surface area contributed by atoms with Gasteiger partial charge >= 0.3 is 0 Å². The van der Waals surface area contributed by atoms with Gasteiger partial charge in [-0.25, -0.2) is 0 Å². The van der Waals surface area contributed by atoms with Crippen molar-refractivity contribution < 1.29 is 0 Å². The van der Waals surface area contributed by atoms with Crippen LogP contribution in [0.4, 0.5) is 0 Å². The largest absolute Gasteiger partial charge is 0.252 e. The van der Waals surface area contributed by atoms with Gasteiger partial charge in [-0.1, -0.05) is 41.4 Å². The summed E-state index contributed by atoms with van der Waals surface area (Å²) in [5.41, 5.74) is 2.91. The molecule has 0 bridgehead atoms. The molecule has 0 spiro atoms. The predicted molar refractivity (Wildman–Crippen MR) is 81.9 cm³/mol. The van der Waals surface area contributed by atoms with Crippen molar-refractivity contribution in [3.8, 4) is 11.3 Å². The number of nitrogens with zero attached hydrogens (tertiary/aromatic N) is 1. The molecule has 94 valence electrons. The van der Waals surface area contributed by atoms with Crippen molar-refractivity contribution in [1.29, 1.82) is 0 Å². The Kier molecular flexibility index (Phi) is 3.17. The van der Waals surface area contributed by atoms with Crippen LogP contribution in [-0.2, 0) is 0 Å². The van der Waals surface area contributed by atoms with Crippen LogP contribution in [0.3, 0.4) is 0 Å². The van der Waals surface area contributed by atoms with Gasteiger partial charge in [-0.2, -0.15) is 0 Å². The number of rotatable bonds is 1. The Morgan fingerprint density at radius 2 is 1.68 bits per heavy atom. The summed E-state index contributed by atoms with van der Waals surface area (Å²) >= 11 is 12.1. The Morgan fingerprint density at radius 1 is 0.895 bits per heavy atom. The first-order valence-corrected chi connectivity index (χ1v) is 6.72. The molecule has 0 amide bonds. The minimum atomic E-state index is 0.716. The van der Waals surface area contributed by atoms with E-state index < -0.39 is 0 Å². The summed E-state index contributed by atoms with van der Waals surface area (Å²) in [6.45, 7) is 1.99. The lowest BCUT2D eigenvalue weighted by atomic mass is 10.1. The molecule has 0 unspecified atom stereocenters. The monoisotopic (exact) mass is 287 g/mol. The first-order chi connectivity index (χ1) is 9.13. The van der Waals surface area contributed by atoms with Gasteiger partial charge in [0.1, 0.15) is 0 Å². The normalized spacial score (nSPS) is 10.9. The van der Waals surface area contributed by atoms with Gasteiger partial charge in [0.15, 0.2) is 0 Å². The highest BCUT2D eigenvalue weighted by Gasteiger charge is 2.06. The number of aromatic nitrogens is 1. The summed E-state index contributed by atoms with van der Waals surface area (Å²) < 4.78 is 0. The smallest absolute Gasteiger partial charge is 0.0712 e. The molecule has 3 aromatic rings. The van der Waals surface area contributed by atoms with E-state index in [4.69, 9.17) is 23.2 Å². The molecular weight excluding hydrogens is 277 g/mol. The van der Waals surface area contributed by atoms with Crippen LogP contribution in [-0.4, -0.2) is 4.98 Å². The quantitative estimate of drug-likeness (QED) is 0.574. The lowest BCUT2D eigenvalue weighted by molar-refractivity contribution is 1.24. The molecule has 0 aliphatic carbocycles. The Bertz CT molecular complexity index is 766. The van der Waals surface area contributed by atoms with Crippen LogP contribution in [0.25, 0.3) is 22.0 Å². The summed E-state index contributed by atoms with van der Waals surface area (Å²) in [7, 11) is 0. The van der Waals surface area contributed by atoms with Crippen molar-refractivity contribution in [2.45, 2.75) is 6.92 Å². The molecule has 0 fully saturated rings. The van der Waals surface area contributed by atoms with Crippen molar-refractivity contribution in [3.05, 3.63) is 64.3 Å². The molecule has 0 saturated heterocycles. The Morgan fingerprint density at radius 3 is 2.47 bits per heavy atom. The van der Waals surface area contributed by atoms with Crippen LogP contribution >= 0.6 is 23.2 Å². The zero-order valence-corrected chi connectivity index (χ0v) is 11.8. The summed E-state index contributed by atoms with van der Waals surface area (Å²) in [4.78, 5) is 4.64. The van der Waals surface area contributed by atoms with Crippen LogP contribution in [0.1, 0.15) is 5.69 Å². The first kappa shape index (κ1) is 12.5. The van der Waals surface area contributed by atoms with Crippen LogP contribution in [0.5, 0.6) is 0 Å². The summed E-state index contributed by atoms with van der Waals surface area (Å²) in [6.07, 6.45) is 0. The number of benzene rings is 2. The SMILES string of the molecule is Cc1nc(-c2cccc(Cl)c2)cc2ccc(Cl)cc12. The van der Waals surface area contributed by atoms with E-state index in [1.165, 1.54) is 0 Å². The van der Waals surface area contributed by atoms with Gasteiger partial charge in [0.05, 0.1) is 5.69 Å². The zero-order chi connectivity index (χ0) is 13.4. The predicted octanol–water partition coefficient (Wildman–Crippen LogP) is 5.52. The van der Waals surface area contributed by atoms with Crippen molar-refractivity contribution in [1.82, 2.24) is 4.98 Å². The zero-order valence-electron chi connectivity index (χ0n) is 10.3. The average molecular weight is 288 g/mol. The molecule has 1 aromatic heterocycles. The number of hydrogen-bond donors (Lipinski definition) is 0. The van der Waals surface area contributed by atoms with E-state index in [0.717, 1.165) is 32.7 Å². The highest BCUT2D eigenvalue weighted by atomic mass is 35.5. The Hall–Kier alpha value is -1.57. The summed E-state index contributed by atoms with van der Waals surface area (Å²) in [6, 6.07) is 15.6. The van der Waals surface area contributed by atoms with E-state index >= 15 is 0 Å². The summed E-state index contributed by atoms with van der Waals surface area (Å²) in [5, 5.41) is 3.66. The first-order valence-electron chi connectivity index (χ1n) is 5.96. The maximum absolute atomic E-state index is 6.03. The Labute approximate surface area is 121 Å². The van der Waals surface area contributed by atoms with Gasteiger partial charge in [-0.3, -0.25) is 4.98 Å². The lowest BCUT2D eigenvalue weighted by Crippen LogP contribution is -1.89. The standard InChI is InChI=1S/C16H11Cl2N/c1-10-15-9-14(18)6-5-11(15)8-16(19-10)12-3-2-4-13(17)7-12/h2-9H,1H3. The number of pyridine rings is 1. The third-order valence-corrected chi connectivity index (χ3v) is 3.58. The van der Waals surface area contributed by atoms with Gasteiger partial charge in [0.25, 0.3) is 0 Å². The minimum absolute atomic E-state index is 0.716. The van der Waals surface area contributed by atoms with Gasteiger partial charge in [0.2, 0.25) is 0 Å². The van der Waals surface area contributed by atoms with Gasteiger partial charge < -0.3 is 0 Å². The number of hydrogen-bond acceptors (Lipinski definition) is 1. The van der Waals surface area contributed by atoms with Gasteiger partial charge in [0, 0.05) is 26.7 Å². The second kappa shape index (κ2) is 4.84. The van der Waals surface area contributed by atoms with Crippen LogP contribution in [0.15, 0.2) is 48.5 Å². The van der Waals surface area contributed by atoms with Crippen LogP contribution < -0.4 is 0 Å². The molecule has 0 atom stereocenters. The van der Waals surface area contributed by atoms with Gasteiger partial charge in [-0.15, -0.1) is 0 Å². The molecule has 0 aliphatic heterocycles. The van der Waals surface area contributed by atoms with Crippen LogP contribution in [0.2, 0.25) is 10.0 Å². The number of fused-ring (bicyclic) bond motifs is 1. The molecule has 19 heavy (non-hydrogen) atoms. The molecule has 2 aromatic carbocycles. The highest BCUT2D eigenvalue weighted by Crippen LogP contribution is 2.27. The molecule has 0 N–H and O–H groups in total. The minimum Gasteiger partial charge on any atom is -0.252 e. The molecule has 0 saturated carbocycles. The van der Waals surface area contributed by atoms with E-state index in [1.54, 1.807) is 0 Å². The third kappa shape index (κ3) is 2.44. The Balaban J connectivity index is 2.24. The number of aryl methyl sites for hydroxylation is 1. The molecule has 1 heterocycles. The second-order valence-electron chi connectivity index (χ2n) is 4.47. The van der Waals surface area contributed by atoms with E-state index in [0.29, 0.717) is 5.02 Å². The summed E-state index contributed by atoms with van der Waals surface area (Å²) in [5.74, 6) is 0. The molecule has 1 nitrogen and oxygen atoms in total. The molecule has 0 aliphatic rings. The van der Waals surface area contributed by atoms with Crippen LogP contribution in [0, 0.1) is 6.92 Å². The van der Waals surface area contributed by atoms with Crippen molar-refractivity contribution in [2.24, 2.45) is 0 Å². The van der Waals surface area contributed by atoms with E-state index in [2.05, 4.69) is 11.1 Å². The molecule has 0 radical (unpaired) electrons. The van der Waals surface area contributed by atoms with E-state index in [-0.39, 0.29) is 0 Å². The fourth-order valence-electron chi connectivity index (χ4n) is 2.18. The average Bonchev–Trinajstić information content (AvgIpc) is 2.39. The maximum Gasteiger partial charge on any atom is 0.0712 e. The van der Waals surface area contributed by atoms with E-state index in [9.17, 15) is 0 Å². The van der Waals surface area contributed by atoms with Crippen molar-refractivity contribution >= 4 is 34.0 Å². The lowest BCUT2D eigenvalue weighted by Gasteiger charge is -2.07. The van der Waals surface area contributed by atoms with Crippen molar-refractivity contribution in [2.75, 3.05) is 0 Å². The van der Waals surface area contributed by atoms with Crippen molar-refractivity contribution in [3.63, 3.8) is 0 Å². The molecule has 3 heteroatoms. The number of halogens is 2. The fourth-order valence-corrected chi connectivity index (χ4v) is 2.55. The second-order valence-corrected chi connectivity index (χ2v) is 5.34. The highest BCUT2D eigenvalue weighted by molar-refractivity contribution is 6.31. The van der Waals surface area contributed by atoms with Gasteiger partial charge in [-0.05, 0) is 42.6 Å².